The molecule has 8 atom stereocenters. The van der Waals surface area contributed by atoms with E-state index >= 15 is 0 Å². The molecule has 0 radical (unpaired) electrons. The molecule has 1 aromatic heterocycles. The number of carboxylic acids is 1. The summed E-state index contributed by atoms with van der Waals surface area (Å²) in [4.78, 5) is 54.3. The van der Waals surface area contributed by atoms with Crippen molar-refractivity contribution in [3.63, 3.8) is 0 Å². The molecule has 324 valence electrons. The van der Waals surface area contributed by atoms with Crippen LogP contribution in [0.4, 0.5) is 0 Å². The van der Waals surface area contributed by atoms with Crippen LogP contribution in [-0.2, 0) is 31.1 Å². The van der Waals surface area contributed by atoms with Gasteiger partial charge in [0, 0.05) is 29.4 Å². The molecule has 0 saturated heterocycles. The van der Waals surface area contributed by atoms with Crippen molar-refractivity contribution in [1.29, 1.82) is 0 Å². The fourth-order valence-electron chi connectivity index (χ4n) is 14.4. The molecule has 10 heteroatoms. The van der Waals surface area contributed by atoms with Gasteiger partial charge < -0.3 is 19.9 Å². The highest BCUT2D eigenvalue weighted by Gasteiger charge is 2.71. The Hall–Kier alpha value is -3.66. The quantitative estimate of drug-likeness (QED) is 0.216. The summed E-state index contributed by atoms with van der Waals surface area (Å²) in [5, 5.41) is 13.0. The summed E-state index contributed by atoms with van der Waals surface area (Å²) < 4.78 is 15.7. The Labute approximate surface area is 351 Å². The molecule has 0 spiro atoms. The maximum Gasteiger partial charge on any atom is 0.309 e. The second-order valence-electron chi connectivity index (χ2n) is 21.5. The van der Waals surface area contributed by atoms with Crippen LogP contribution >= 0.6 is 0 Å². The predicted molar refractivity (Wildman–Crippen MR) is 230 cm³/mol. The zero-order valence-electron chi connectivity index (χ0n) is 38.0. The highest BCUT2D eigenvalue weighted by molar-refractivity contribution is 6.02. The van der Waals surface area contributed by atoms with Crippen molar-refractivity contribution >= 4 is 17.7 Å². The van der Waals surface area contributed by atoms with Crippen molar-refractivity contribution in [2.24, 2.45) is 50.7 Å². The number of likely N-dealkylation sites (N-methyl/N-ethyl adjacent to an activating group) is 1. The topological polar surface area (TPSA) is 129 Å². The molecule has 0 bridgehead atoms. The van der Waals surface area contributed by atoms with Gasteiger partial charge in [-0.2, -0.15) is 0 Å². The van der Waals surface area contributed by atoms with Crippen molar-refractivity contribution < 1.29 is 29.0 Å². The van der Waals surface area contributed by atoms with E-state index in [2.05, 4.69) is 58.5 Å². The number of esters is 1. The molecule has 0 unspecified atom stereocenters. The number of methoxy groups -OCH3 is 1. The van der Waals surface area contributed by atoms with E-state index in [9.17, 15) is 24.3 Å². The molecule has 4 fully saturated rings. The number of fused-ring (bicyclic) bond motifs is 7. The standard InChI is InChI=1S/C49H71N3O7/c1-29(2)39-34(53)27-49(41-30(3)42(55)52(51(41)26-25-50-11)31-13-15-32(58-12)16-14-31)24-23-47(9)33(40(39)49)17-18-36-46(8)21-20-37(59-38(54)28-44(4,5)43(56)57)45(6,7)35(46)19-22-48(36,47)10/h13-16,29,33,35-37,50H,17-28H2,1-12H3,(H,56,57)/t33-,35+,36-,37+,46+,47-,48-,49-/m1/s1. The van der Waals surface area contributed by atoms with Crippen LogP contribution in [0.5, 0.6) is 5.75 Å². The van der Waals surface area contributed by atoms with Gasteiger partial charge in [0.25, 0.3) is 5.56 Å². The molecular formula is C49H71N3O7. The van der Waals surface area contributed by atoms with Gasteiger partial charge in [0.1, 0.15) is 11.9 Å². The first-order valence-corrected chi connectivity index (χ1v) is 22.4. The van der Waals surface area contributed by atoms with Gasteiger partial charge in [0.15, 0.2) is 5.78 Å². The number of ketones is 1. The Morgan fingerprint density at radius 3 is 2.22 bits per heavy atom. The van der Waals surface area contributed by atoms with Gasteiger partial charge in [-0.3, -0.25) is 23.9 Å². The molecule has 0 amide bonds. The lowest BCUT2D eigenvalue weighted by Crippen LogP contribution is -2.66. The summed E-state index contributed by atoms with van der Waals surface area (Å²) >= 11 is 0. The number of hydrogen-bond donors (Lipinski definition) is 2. The summed E-state index contributed by atoms with van der Waals surface area (Å²) in [5.41, 5.74) is 2.79. The fraction of sp³-hybridized carbons (Fsp3) is 0.714. The number of hydrogen-bond acceptors (Lipinski definition) is 7. The molecule has 4 saturated carbocycles. The summed E-state index contributed by atoms with van der Waals surface area (Å²) in [6.07, 6.45) is 7.68. The fourth-order valence-corrected chi connectivity index (χ4v) is 14.4. The lowest BCUT2D eigenvalue weighted by molar-refractivity contribution is -0.232. The van der Waals surface area contributed by atoms with E-state index in [0.717, 1.165) is 79.6 Å². The number of benzene rings is 1. The number of ether oxygens (including phenoxy) is 2. The van der Waals surface area contributed by atoms with Crippen LogP contribution in [0.2, 0.25) is 0 Å². The van der Waals surface area contributed by atoms with Crippen LogP contribution in [0, 0.1) is 57.7 Å². The number of allylic oxidation sites excluding steroid dienone is 2. The Bertz CT molecular complexity index is 2110. The minimum atomic E-state index is -1.18. The Morgan fingerprint density at radius 2 is 1.61 bits per heavy atom. The van der Waals surface area contributed by atoms with Gasteiger partial charge in [0.2, 0.25) is 0 Å². The third-order valence-electron chi connectivity index (χ3n) is 17.5. The summed E-state index contributed by atoms with van der Waals surface area (Å²) in [6, 6.07) is 7.69. The molecule has 2 aromatic rings. The largest absolute Gasteiger partial charge is 0.497 e. The molecule has 0 aliphatic heterocycles. The van der Waals surface area contributed by atoms with Crippen molar-refractivity contribution in [2.75, 3.05) is 20.7 Å². The van der Waals surface area contributed by atoms with Gasteiger partial charge >= 0.3 is 11.9 Å². The van der Waals surface area contributed by atoms with Gasteiger partial charge in [-0.15, -0.1) is 0 Å². The molecule has 2 N–H and O–H groups in total. The summed E-state index contributed by atoms with van der Waals surface area (Å²) in [6.45, 7) is 23.0. The number of carbonyl (C=O) groups is 3. The second kappa shape index (κ2) is 14.8. The van der Waals surface area contributed by atoms with Crippen molar-refractivity contribution in [3.8, 4) is 11.4 Å². The van der Waals surface area contributed by atoms with Gasteiger partial charge in [-0.25, -0.2) is 4.68 Å². The van der Waals surface area contributed by atoms with Gasteiger partial charge in [0.05, 0.1) is 36.9 Å². The van der Waals surface area contributed by atoms with E-state index in [4.69, 9.17) is 9.47 Å². The van der Waals surface area contributed by atoms with Crippen LogP contribution < -0.4 is 15.6 Å². The zero-order chi connectivity index (χ0) is 43.2. The van der Waals surface area contributed by atoms with Crippen LogP contribution in [0.25, 0.3) is 5.69 Å². The SMILES string of the molecule is CNCCn1c([C@@]23CC[C@]4(C)[C@H](CC[C@@H]5[C@@]6(C)CC[C@H](OC(=O)CC(C)(C)C(=O)O)C(C)(C)[C@@H]6CC[C@]54C)C2=C(C(C)C)C(=O)C3)c(C)c(=O)n1-c1ccc(OC)cc1. The molecule has 5 aliphatic rings. The number of aliphatic carboxylic acids is 1. The lowest BCUT2D eigenvalue weighted by atomic mass is 9.33. The Morgan fingerprint density at radius 1 is 0.932 bits per heavy atom. The van der Waals surface area contributed by atoms with Crippen molar-refractivity contribution in [2.45, 2.75) is 152 Å². The maximum absolute atomic E-state index is 14.7. The summed E-state index contributed by atoms with van der Waals surface area (Å²) in [5.74, 6) is 0.630. The number of Topliss-reactive ketones (excluding diaryl/α,β-unsaturated/α-hetero) is 1. The average molecular weight is 814 g/mol. The van der Waals surface area contributed by atoms with Crippen LogP contribution in [0.1, 0.15) is 138 Å². The first kappa shape index (κ1) is 43.4. The normalized spacial score (nSPS) is 33.9. The van der Waals surface area contributed by atoms with E-state index < -0.39 is 22.8 Å². The van der Waals surface area contributed by atoms with Crippen molar-refractivity contribution in [1.82, 2.24) is 14.7 Å². The molecule has 1 aromatic carbocycles. The van der Waals surface area contributed by atoms with Gasteiger partial charge in [-0.1, -0.05) is 48.5 Å². The number of carboxylic acid groups (broad SMARTS) is 1. The molecule has 1 heterocycles. The third kappa shape index (κ3) is 6.33. The molecule has 59 heavy (non-hydrogen) atoms. The van der Waals surface area contributed by atoms with E-state index in [-0.39, 0.29) is 57.4 Å². The average Bonchev–Trinajstić information content (AvgIpc) is 3.61. The highest BCUT2D eigenvalue weighted by Crippen LogP contribution is 2.77. The number of aromatic nitrogens is 2. The molecular weight excluding hydrogens is 743 g/mol. The van der Waals surface area contributed by atoms with Crippen molar-refractivity contribution in [3.05, 3.63) is 57.0 Å². The van der Waals surface area contributed by atoms with E-state index in [1.807, 2.05) is 42.9 Å². The van der Waals surface area contributed by atoms with Gasteiger partial charge in [-0.05, 0) is 155 Å². The Balaban J connectivity index is 1.28. The first-order chi connectivity index (χ1) is 27.6. The van der Waals surface area contributed by atoms with E-state index in [1.165, 1.54) is 5.57 Å². The number of nitrogens with one attached hydrogen (secondary N) is 1. The third-order valence-corrected chi connectivity index (χ3v) is 17.5. The molecule has 5 aliphatic carbocycles. The minimum absolute atomic E-state index is 0.00896. The number of rotatable bonds is 11. The second-order valence-corrected chi connectivity index (χ2v) is 21.5. The number of nitrogens with zero attached hydrogens (tertiary/aromatic N) is 2. The molecule has 10 nitrogen and oxygen atoms in total. The highest BCUT2D eigenvalue weighted by atomic mass is 16.5. The van der Waals surface area contributed by atoms with Crippen LogP contribution in [0.15, 0.2) is 40.2 Å². The van der Waals surface area contributed by atoms with E-state index in [1.54, 1.807) is 21.0 Å². The van der Waals surface area contributed by atoms with Crippen LogP contribution in [0.3, 0.4) is 0 Å². The summed E-state index contributed by atoms with van der Waals surface area (Å²) in [7, 11) is 3.58. The number of carbonyl (C=O) groups excluding carboxylic acids is 2. The predicted octanol–water partition coefficient (Wildman–Crippen LogP) is 8.82. The zero-order valence-corrected chi connectivity index (χ0v) is 38.0. The maximum atomic E-state index is 14.7. The molecule has 7 rings (SSSR count). The lowest BCUT2D eigenvalue weighted by Gasteiger charge is -2.72. The van der Waals surface area contributed by atoms with E-state index in [0.29, 0.717) is 31.3 Å². The minimum Gasteiger partial charge on any atom is -0.497 e. The van der Waals surface area contributed by atoms with Crippen LogP contribution in [-0.4, -0.2) is 59.0 Å². The monoisotopic (exact) mass is 814 g/mol. The Kier molecular flexibility index (Phi) is 10.9. The smallest absolute Gasteiger partial charge is 0.309 e. The first-order valence-electron chi connectivity index (χ1n) is 22.4.